The number of ether oxygens (including phenoxy) is 1. The second kappa shape index (κ2) is 4.73. The Morgan fingerprint density at radius 1 is 1.05 bits per heavy atom. The molecule has 19 heavy (non-hydrogen) atoms. The lowest BCUT2D eigenvalue weighted by Crippen LogP contribution is -2.50. The largest absolute Gasteiger partial charge is 0.381 e. The van der Waals surface area contributed by atoms with Gasteiger partial charge in [0.1, 0.15) is 0 Å². The summed E-state index contributed by atoms with van der Waals surface area (Å²) in [6.45, 7) is 7.55. The molecule has 0 radical (unpaired) electrons. The molecule has 0 amide bonds. The molecule has 5 atom stereocenters. The zero-order chi connectivity index (χ0) is 13.7. The van der Waals surface area contributed by atoms with E-state index in [9.17, 15) is 0 Å². The molecule has 0 aromatic heterocycles. The van der Waals surface area contributed by atoms with Crippen molar-refractivity contribution >= 4 is 0 Å². The Morgan fingerprint density at radius 3 is 2.42 bits per heavy atom. The van der Waals surface area contributed by atoms with Gasteiger partial charge in [0.05, 0.1) is 6.10 Å². The zero-order valence-corrected chi connectivity index (χ0v) is 13.2. The van der Waals surface area contributed by atoms with Crippen molar-refractivity contribution in [1.82, 2.24) is 5.32 Å². The van der Waals surface area contributed by atoms with E-state index in [1.54, 1.807) is 0 Å². The molecule has 0 heterocycles. The average Bonchev–Trinajstić information content (AvgIpc) is 2.72. The third-order valence-electron chi connectivity index (χ3n) is 7.19. The number of fused-ring (bicyclic) bond motifs is 2. The van der Waals surface area contributed by atoms with E-state index in [0.29, 0.717) is 23.0 Å². The SMILES string of the molecule is COC1CCCC(NC2CC3CCC2(C)C3(C)C)C1. The molecule has 110 valence electrons. The Labute approximate surface area is 118 Å². The van der Waals surface area contributed by atoms with E-state index in [1.165, 1.54) is 44.9 Å². The lowest BCUT2D eigenvalue weighted by atomic mass is 9.69. The maximum atomic E-state index is 5.57. The highest BCUT2D eigenvalue weighted by Crippen LogP contribution is 2.65. The Balaban J connectivity index is 1.65. The van der Waals surface area contributed by atoms with Crippen molar-refractivity contribution in [3.8, 4) is 0 Å². The number of nitrogens with one attached hydrogen (secondary N) is 1. The summed E-state index contributed by atoms with van der Waals surface area (Å²) in [6, 6.07) is 1.43. The van der Waals surface area contributed by atoms with Gasteiger partial charge < -0.3 is 10.1 Å². The monoisotopic (exact) mass is 265 g/mol. The first-order valence-corrected chi connectivity index (χ1v) is 8.26. The summed E-state index contributed by atoms with van der Waals surface area (Å²) in [5, 5.41) is 4.03. The fourth-order valence-electron chi connectivity index (χ4n) is 5.25. The zero-order valence-electron chi connectivity index (χ0n) is 13.2. The number of methoxy groups -OCH3 is 1. The first-order valence-electron chi connectivity index (χ1n) is 8.26. The molecular formula is C17H31NO. The van der Waals surface area contributed by atoms with Crippen LogP contribution in [0.3, 0.4) is 0 Å². The molecule has 0 aromatic rings. The maximum absolute atomic E-state index is 5.57. The predicted octanol–water partition coefficient (Wildman–Crippen LogP) is 3.75. The molecule has 2 heteroatoms. The van der Waals surface area contributed by atoms with Crippen molar-refractivity contribution in [1.29, 1.82) is 0 Å². The molecule has 0 aromatic carbocycles. The van der Waals surface area contributed by atoms with Crippen LogP contribution in [0.1, 0.15) is 65.7 Å². The van der Waals surface area contributed by atoms with Crippen LogP contribution < -0.4 is 5.32 Å². The van der Waals surface area contributed by atoms with Crippen molar-refractivity contribution < 1.29 is 4.74 Å². The molecule has 1 N–H and O–H groups in total. The smallest absolute Gasteiger partial charge is 0.0586 e. The van der Waals surface area contributed by atoms with Crippen molar-refractivity contribution in [3.05, 3.63) is 0 Å². The van der Waals surface area contributed by atoms with Gasteiger partial charge in [0, 0.05) is 19.2 Å². The van der Waals surface area contributed by atoms with E-state index < -0.39 is 0 Å². The summed E-state index contributed by atoms with van der Waals surface area (Å²) in [6.07, 6.45) is 9.90. The lowest BCUT2D eigenvalue weighted by molar-refractivity contribution is 0.0478. The quantitative estimate of drug-likeness (QED) is 0.839. The molecule has 0 aliphatic heterocycles. The molecule has 3 saturated carbocycles. The molecule has 2 nitrogen and oxygen atoms in total. The molecular weight excluding hydrogens is 234 g/mol. The standard InChI is InChI=1S/C17H31NO/c1-16(2)12-8-9-17(16,3)15(10-12)18-13-6-5-7-14(11-13)19-4/h12-15,18H,5-11H2,1-4H3. The molecule has 3 fully saturated rings. The second-order valence-electron chi connectivity index (χ2n) is 8.05. The Kier molecular flexibility index (Phi) is 3.46. The number of rotatable bonds is 3. The van der Waals surface area contributed by atoms with Crippen LogP contribution in [0.4, 0.5) is 0 Å². The van der Waals surface area contributed by atoms with Crippen LogP contribution in [-0.2, 0) is 4.74 Å². The van der Waals surface area contributed by atoms with Gasteiger partial charge in [-0.3, -0.25) is 0 Å². The van der Waals surface area contributed by atoms with Crippen LogP contribution in [0.5, 0.6) is 0 Å². The molecule has 3 aliphatic rings. The van der Waals surface area contributed by atoms with Gasteiger partial charge in [0.25, 0.3) is 0 Å². The normalized spacial score (nSPS) is 48.6. The maximum Gasteiger partial charge on any atom is 0.0586 e. The summed E-state index contributed by atoms with van der Waals surface area (Å²) in [5.41, 5.74) is 1.04. The van der Waals surface area contributed by atoms with E-state index in [4.69, 9.17) is 4.74 Å². The van der Waals surface area contributed by atoms with Gasteiger partial charge in [0.15, 0.2) is 0 Å². The topological polar surface area (TPSA) is 21.3 Å². The molecule has 0 spiro atoms. The minimum atomic E-state index is 0.491. The highest BCUT2D eigenvalue weighted by atomic mass is 16.5. The summed E-state index contributed by atoms with van der Waals surface area (Å²) in [7, 11) is 1.87. The van der Waals surface area contributed by atoms with Crippen molar-refractivity contribution in [3.63, 3.8) is 0 Å². The van der Waals surface area contributed by atoms with E-state index in [-0.39, 0.29) is 0 Å². The van der Waals surface area contributed by atoms with Crippen molar-refractivity contribution in [2.24, 2.45) is 16.7 Å². The molecule has 3 rings (SSSR count). The summed E-state index contributed by atoms with van der Waals surface area (Å²) < 4.78 is 5.57. The van der Waals surface area contributed by atoms with Crippen molar-refractivity contribution in [2.75, 3.05) is 7.11 Å². The minimum Gasteiger partial charge on any atom is -0.381 e. The minimum absolute atomic E-state index is 0.491. The van der Waals surface area contributed by atoms with Crippen LogP contribution in [0.25, 0.3) is 0 Å². The lowest BCUT2D eigenvalue weighted by Gasteiger charge is -2.42. The summed E-state index contributed by atoms with van der Waals surface area (Å²) in [5.74, 6) is 0.941. The van der Waals surface area contributed by atoms with Gasteiger partial charge >= 0.3 is 0 Å². The van der Waals surface area contributed by atoms with Gasteiger partial charge in [-0.2, -0.15) is 0 Å². The summed E-state index contributed by atoms with van der Waals surface area (Å²) in [4.78, 5) is 0. The predicted molar refractivity (Wildman–Crippen MR) is 79.2 cm³/mol. The first-order chi connectivity index (χ1) is 8.97. The fourth-order valence-corrected chi connectivity index (χ4v) is 5.25. The molecule has 2 bridgehead atoms. The van der Waals surface area contributed by atoms with Gasteiger partial charge in [-0.05, 0) is 61.7 Å². The molecule has 0 saturated heterocycles. The van der Waals surface area contributed by atoms with Crippen LogP contribution in [0, 0.1) is 16.7 Å². The molecule has 5 unspecified atom stereocenters. The van der Waals surface area contributed by atoms with Gasteiger partial charge in [-0.15, -0.1) is 0 Å². The first kappa shape index (κ1) is 13.9. The van der Waals surface area contributed by atoms with Gasteiger partial charge in [0.2, 0.25) is 0 Å². The Hall–Kier alpha value is -0.0800. The van der Waals surface area contributed by atoms with E-state index in [1.807, 2.05) is 7.11 Å². The van der Waals surface area contributed by atoms with Crippen molar-refractivity contribution in [2.45, 2.75) is 83.9 Å². The van der Waals surface area contributed by atoms with Crippen LogP contribution in [-0.4, -0.2) is 25.3 Å². The fraction of sp³-hybridized carbons (Fsp3) is 1.00. The van der Waals surface area contributed by atoms with Gasteiger partial charge in [-0.1, -0.05) is 20.8 Å². The summed E-state index contributed by atoms with van der Waals surface area (Å²) >= 11 is 0. The van der Waals surface area contributed by atoms with Crippen LogP contribution in [0.15, 0.2) is 0 Å². The number of hydrogen-bond acceptors (Lipinski definition) is 2. The highest BCUT2D eigenvalue weighted by Gasteiger charge is 2.61. The third kappa shape index (κ3) is 2.06. The van der Waals surface area contributed by atoms with Crippen LogP contribution >= 0.6 is 0 Å². The highest BCUT2D eigenvalue weighted by molar-refractivity contribution is 5.13. The molecule has 3 aliphatic carbocycles. The average molecular weight is 265 g/mol. The third-order valence-corrected chi connectivity index (χ3v) is 7.19. The van der Waals surface area contributed by atoms with E-state index in [0.717, 1.165) is 12.0 Å². The Morgan fingerprint density at radius 2 is 1.84 bits per heavy atom. The number of hydrogen-bond donors (Lipinski definition) is 1. The Bertz CT molecular complexity index is 340. The van der Waals surface area contributed by atoms with E-state index >= 15 is 0 Å². The second-order valence-corrected chi connectivity index (χ2v) is 8.05. The van der Waals surface area contributed by atoms with E-state index in [2.05, 4.69) is 26.1 Å². The van der Waals surface area contributed by atoms with Gasteiger partial charge in [-0.25, -0.2) is 0 Å². The van der Waals surface area contributed by atoms with Crippen LogP contribution in [0.2, 0.25) is 0 Å².